The van der Waals surface area contributed by atoms with E-state index in [0.717, 1.165) is 18.1 Å². The van der Waals surface area contributed by atoms with E-state index >= 15 is 0 Å². The average Bonchev–Trinajstić information content (AvgIpc) is 2.38. The van der Waals surface area contributed by atoms with Gasteiger partial charge in [0.05, 0.1) is 18.8 Å². The first-order valence-corrected chi connectivity index (χ1v) is 8.05. The Morgan fingerprint density at radius 2 is 2.05 bits per heavy atom. The molecule has 4 atom stereocenters. The Bertz CT molecular complexity index is 383. The van der Waals surface area contributed by atoms with Gasteiger partial charge in [-0.05, 0) is 56.1 Å². The van der Waals surface area contributed by atoms with Gasteiger partial charge in [-0.2, -0.15) is 0 Å². The van der Waals surface area contributed by atoms with Crippen LogP contribution in [0.15, 0.2) is 24.0 Å². The predicted octanol–water partition coefficient (Wildman–Crippen LogP) is 4.71. The van der Waals surface area contributed by atoms with E-state index in [9.17, 15) is 0 Å². The molecule has 0 aromatic carbocycles. The average molecular weight is 278 g/mol. The van der Waals surface area contributed by atoms with Crippen LogP contribution in [0.1, 0.15) is 53.4 Å². The molecule has 0 aliphatic heterocycles. The Hall–Kier alpha value is -0.760. The maximum absolute atomic E-state index is 6.57. The molecule has 0 unspecified atom stereocenters. The summed E-state index contributed by atoms with van der Waals surface area (Å²) in [5.74, 6) is 3.07. The molecular weight excluding hydrogens is 248 g/mol. The highest BCUT2D eigenvalue weighted by Gasteiger charge is 2.42. The second kappa shape index (κ2) is 6.34. The zero-order valence-corrected chi connectivity index (χ0v) is 13.7. The van der Waals surface area contributed by atoms with Crippen molar-refractivity contribution in [3.63, 3.8) is 0 Å². The molecule has 0 radical (unpaired) electrons. The molecule has 0 spiro atoms. The molecule has 0 aromatic rings. The van der Waals surface area contributed by atoms with Crippen molar-refractivity contribution >= 4 is 0 Å². The van der Waals surface area contributed by atoms with Crippen molar-refractivity contribution in [1.82, 2.24) is 0 Å². The molecule has 114 valence electrons. The summed E-state index contributed by atoms with van der Waals surface area (Å²) in [6.45, 7) is 9.36. The standard InChI is InChI=1S/C18H30O2/c1-13(2)17-11-6-14(3)12-18(17,4)20-16-9-7-15(19-5)8-10-16/h7-9,13-14,16-17H,6,10-12H2,1-5H3/t14-,16-,17+,18-/m1/s1. The van der Waals surface area contributed by atoms with Gasteiger partial charge >= 0.3 is 0 Å². The van der Waals surface area contributed by atoms with Crippen molar-refractivity contribution in [3.05, 3.63) is 24.0 Å². The molecular formula is C18H30O2. The first-order chi connectivity index (χ1) is 9.44. The molecule has 2 aliphatic rings. The maximum Gasteiger partial charge on any atom is 0.114 e. The summed E-state index contributed by atoms with van der Waals surface area (Å²) in [5, 5.41) is 0. The maximum atomic E-state index is 6.57. The molecule has 2 rings (SSSR count). The van der Waals surface area contributed by atoms with Crippen molar-refractivity contribution in [2.75, 3.05) is 7.11 Å². The van der Waals surface area contributed by atoms with Crippen LogP contribution >= 0.6 is 0 Å². The molecule has 1 saturated carbocycles. The van der Waals surface area contributed by atoms with E-state index in [2.05, 4.69) is 39.8 Å². The summed E-state index contributed by atoms with van der Waals surface area (Å²) in [7, 11) is 1.72. The Balaban J connectivity index is 2.05. The summed E-state index contributed by atoms with van der Waals surface area (Å²) in [5.41, 5.74) is 0.0131. The van der Waals surface area contributed by atoms with Crippen LogP contribution in [-0.2, 0) is 9.47 Å². The largest absolute Gasteiger partial charge is 0.497 e. The number of allylic oxidation sites excluding steroid dienone is 1. The molecule has 2 nitrogen and oxygen atoms in total. The smallest absolute Gasteiger partial charge is 0.114 e. The van der Waals surface area contributed by atoms with Crippen LogP contribution in [0.4, 0.5) is 0 Å². The van der Waals surface area contributed by atoms with E-state index in [1.807, 2.05) is 6.08 Å². The van der Waals surface area contributed by atoms with Crippen molar-refractivity contribution in [2.24, 2.45) is 17.8 Å². The van der Waals surface area contributed by atoms with Crippen molar-refractivity contribution in [1.29, 1.82) is 0 Å². The van der Waals surface area contributed by atoms with Crippen LogP contribution in [0.2, 0.25) is 0 Å². The van der Waals surface area contributed by atoms with Crippen LogP contribution < -0.4 is 0 Å². The summed E-state index contributed by atoms with van der Waals surface area (Å²) < 4.78 is 11.8. The van der Waals surface area contributed by atoms with Crippen LogP contribution in [0.5, 0.6) is 0 Å². The van der Waals surface area contributed by atoms with E-state index in [0.29, 0.717) is 11.8 Å². The van der Waals surface area contributed by atoms with Gasteiger partial charge in [0.25, 0.3) is 0 Å². The Morgan fingerprint density at radius 3 is 2.60 bits per heavy atom. The highest BCUT2D eigenvalue weighted by Crippen LogP contribution is 2.44. The van der Waals surface area contributed by atoms with Gasteiger partial charge in [0.1, 0.15) is 5.76 Å². The summed E-state index contributed by atoms with van der Waals surface area (Å²) in [6.07, 6.45) is 11.3. The second-order valence-corrected chi connectivity index (χ2v) is 7.11. The fourth-order valence-corrected chi connectivity index (χ4v) is 4.05. The van der Waals surface area contributed by atoms with E-state index < -0.39 is 0 Å². The van der Waals surface area contributed by atoms with Gasteiger partial charge in [0.15, 0.2) is 0 Å². The third-order valence-electron chi connectivity index (χ3n) is 5.00. The monoisotopic (exact) mass is 278 g/mol. The van der Waals surface area contributed by atoms with Gasteiger partial charge in [-0.3, -0.25) is 0 Å². The SMILES string of the molecule is COC1=CC[C@H](O[C@]2(C)C[C@H](C)CC[C@H]2C(C)C)C=C1. The van der Waals surface area contributed by atoms with Crippen molar-refractivity contribution in [2.45, 2.75) is 65.1 Å². The van der Waals surface area contributed by atoms with E-state index in [4.69, 9.17) is 9.47 Å². The fourth-order valence-electron chi connectivity index (χ4n) is 4.05. The summed E-state index contributed by atoms with van der Waals surface area (Å²) in [4.78, 5) is 0. The lowest BCUT2D eigenvalue weighted by molar-refractivity contribution is -0.140. The first-order valence-electron chi connectivity index (χ1n) is 8.05. The molecule has 0 saturated heterocycles. The quantitative estimate of drug-likeness (QED) is 0.741. The van der Waals surface area contributed by atoms with Crippen LogP contribution in [-0.4, -0.2) is 18.8 Å². The number of rotatable bonds is 4. The van der Waals surface area contributed by atoms with Crippen LogP contribution in [0.25, 0.3) is 0 Å². The Labute approximate surface area is 124 Å². The van der Waals surface area contributed by atoms with E-state index in [-0.39, 0.29) is 11.7 Å². The van der Waals surface area contributed by atoms with Crippen molar-refractivity contribution < 1.29 is 9.47 Å². The Morgan fingerprint density at radius 1 is 1.30 bits per heavy atom. The minimum absolute atomic E-state index is 0.0131. The van der Waals surface area contributed by atoms with Gasteiger partial charge < -0.3 is 9.47 Å². The lowest BCUT2D eigenvalue weighted by atomic mass is 9.67. The normalized spacial score (nSPS) is 37.9. The van der Waals surface area contributed by atoms with Gasteiger partial charge in [-0.25, -0.2) is 0 Å². The zero-order valence-electron chi connectivity index (χ0n) is 13.7. The number of ether oxygens (including phenoxy) is 2. The summed E-state index contributed by atoms with van der Waals surface area (Å²) >= 11 is 0. The predicted molar refractivity (Wildman–Crippen MR) is 83.5 cm³/mol. The third-order valence-corrected chi connectivity index (χ3v) is 5.00. The van der Waals surface area contributed by atoms with E-state index in [1.54, 1.807) is 7.11 Å². The molecule has 0 bridgehead atoms. The molecule has 20 heavy (non-hydrogen) atoms. The van der Waals surface area contributed by atoms with Gasteiger partial charge in [-0.15, -0.1) is 0 Å². The zero-order chi connectivity index (χ0) is 14.8. The summed E-state index contributed by atoms with van der Waals surface area (Å²) in [6, 6.07) is 0. The minimum Gasteiger partial charge on any atom is -0.497 e. The highest BCUT2D eigenvalue weighted by molar-refractivity contribution is 5.19. The van der Waals surface area contributed by atoms with Gasteiger partial charge in [0.2, 0.25) is 0 Å². The second-order valence-electron chi connectivity index (χ2n) is 7.11. The van der Waals surface area contributed by atoms with Gasteiger partial charge in [-0.1, -0.05) is 33.3 Å². The fraction of sp³-hybridized carbons (Fsp3) is 0.778. The lowest BCUT2D eigenvalue weighted by Crippen LogP contribution is -2.47. The lowest BCUT2D eigenvalue weighted by Gasteiger charge is -2.47. The van der Waals surface area contributed by atoms with E-state index in [1.165, 1.54) is 19.3 Å². The van der Waals surface area contributed by atoms with Crippen molar-refractivity contribution in [3.8, 4) is 0 Å². The molecule has 2 heteroatoms. The molecule has 0 aromatic heterocycles. The third kappa shape index (κ3) is 3.46. The first kappa shape index (κ1) is 15.6. The topological polar surface area (TPSA) is 18.5 Å². The van der Waals surface area contributed by atoms with Crippen LogP contribution in [0.3, 0.4) is 0 Å². The molecule has 2 aliphatic carbocycles. The number of hydrogen-bond acceptors (Lipinski definition) is 2. The Kier molecular flexibility index (Phi) is 4.95. The molecule has 0 amide bonds. The van der Waals surface area contributed by atoms with Crippen LogP contribution in [0, 0.1) is 17.8 Å². The highest BCUT2D eigenvalue weighted by atomic mass is 16.5. The molecule has 1 fully saturated rings. The number of hydrogen-bond donors (Lipinski definition) is 0. The molecule has 0 heterocycles. The van der Waals surface area contributed by atoms with Gasteiger partial charge in [0, 0.05) is 0 Å². The minimum atomic E-state index is 0.0131. The molecule has 0 N–H and O–H groups in total. The number of methoxy groups -OCH3 is 1.